The van der Waals surface area contributed by atoms with Crippen molar-refractivity contribution in [2.75, 3.05) is 6.61 Å². The largest absolute Gasteiger partial charge is 0.493 e. The van der Waals surface area contributed by atoms with E-state index in [1.165, 1.54) is 5.56 Å². The van der Waals surface area contributed by atoms with Gasteiger partial charge in [0.1, 0.15) is 5.75 Å². The second-order valence-electron chi connectivity index (χ2n) is 3.39. The minimum absolute atomic E-state index is 0.147. The van der Waals surface area contributed by atoms with Gasteiger partial charge in [0.25, 0.3) is 0 Å². The Morgan fingerprint density at radius 2 is 2.00 bits per heavy atom. The summed E-state index contributed by atoms with van der Waals surface area (Å²) in [6.07, 6.45) is 1.46. The van der Waals surface area contributed by atoms with E-state index in [1.54, 1.807) is 0 Å². The van der Waals surface area contributed by atoms with Gasteiger partial charge in [-0.25, -0.2) is 0 Å². The lowest BCUT2D eigenvalue weighted by Gasteiger charge is -2.10. The molecular formula is C13H18O2. The zero-order chi connectivity index (χ0) is 11.3. The van der Waals surface area contributed by atoms with E-state index < -0.39 is 0 Å². The Balaban J connectivity index is 3.10. The molecule has 0 N–H and O–H groups in total. The second kappa shape index (κ2) is 5.54. The molecule has 1 aromatic carbocycles. The van der Waals surface area contributed by atoms with Crippen LogP contribution in [0, 0.1) is 0 Å². The SMILES string of the molecule is CCOc1ccc(CC)cc1C(=O)CC. The zero-order valence-electron chi connectivity index (χ0n) is 9.67. The molecule has 0 aliphatic rings. The summed E-state index contributed by atoms with van der Waals surface area (Å²) < 4.78 is 5.44. The van der Waals surface area contributed by atoms with E-state index in [0.717, 1.165) is 12.0 Å². The van der Waals surface area contributed by atoms with E-state index in [-0.39, 0.29) is 5.78 Å². The Morgan fingerprint density at radius 1 is 1.27 bits per heavy atom. The van der Waals surface area contributed by atoms with Gasteiger partial charge in [0, 0.05) is 6.42 Å². The van der Waals surface area contributed by atoms with Crippen molar-refractivity contribution in [3.05, 3.63) is 29.3 Å². The van der Waals surface area contributed by atoms with Gasteiger partial charge in [-0.2, -0.15) is 0 Å². The van der Waals surface area contributed by atoms with Crippen LogP contribution in [0.2, 0.25) is 0 Å². The van der Waals surface area contributed by atoms with Crippen LogP contribution < -0.4 is 4.74 Å². The van der Waals surface area contributed by atoms with Crippen LogP contribution in [0.5, 0.6) is 5.75 Å². The van der Waals surface area contributed by atoms with E-state index in [9.17, 15) is 4.79 Å². The molecule has 0 heterocycles. The molecule has 0 fully saturated rings. The molecule has 0 bridgehead atoms. The second-order valence-corrected chi connectivity index (χ2v) is 3.39. The number of Topliss-reactive ketones (excluding diaryl/α,β-unsaturated/α-hetero) is 1. The van der Waals surface area contributed by atoms with Crippen molar-refractivity contribution in [2.45, 2.75) is 33.6 Å². The molecular weight excluding hydrogens is 188 g/mol. The molecule has 15 heavy (non-hydrogen) atoms. The van der Waals surface area contributed by atoms with Gasteiger partial charge in [-0.05, 0) is 31.0 Å². The molecule has 0 saturated carbocycles. The standard InChI is InChI=1S/C13H18O2/c1-4-10-7-8-13(15-6-3)11(9-10)12(14)5-2/h7-9H,4-6H2,1-3H3. The highest BCUT2D eigenvalue weighted by molar-refractivity contribution is 5.98. The molecule has 1 aromatic rings. The minimum Gasteiger partial charge on any atom is -0.493 e. The highest BCUT2D eigenvalue weighted by Gasteiger charge is 2.10. The summed E-state index contributed by atoms with van der Waals surface area (Å²) in [4.78, 5) is 11.7. The Labute approximate surface area is 91.3 Å². The first-order chi connectivity index (χ1) is 7.22. The van der Waals surface area contributed by atoms with Crippen LogP contribution in [0.1, 0.15) is 43.1 Å². The molecule has 82 valence electrons. The summed E-state index contributed by atoms with van der Waals surface area (Å²) in [7, 11) is 0. The smallest absolute Gasteiger partial charge is 0.166 e. The van der Waals surface area contributed by atoms with Crippen LogP contribution in [-0.2, 0) is 6.42 Å². The lowest BCUT2D eigenvalue weighted by atomic mass is 10.0. The topological polar surface area (TPSA) is 26.3 Å². The number of carbonyl (C=O) groups is 1. The maximum absolute atomic E-state index is 11.7. The van der Waals surface area contributed by atoms with E-state index in [4.69, 9.17) is 4.74 Å². The Morgan fingerprint density at radius 3 is 2.53 bits per heavy atom. The maximum atomic E-state index is 11.7. The molecule has 0 aromatic heterocycles. The predicted molar refractivity (Wildman–Crippen MR) is 61.6 cm³/mol. The normalized spacial score (nSPS) is 10.1. The lowest BCUT2D eigenvalue weighted by molar-refractivity contribution is 0.0984. The molecule has 0 aliphatic carbocycles. The van der Waals surface area contributed by atoms with E-state index in [1.807, 2.05) is 32.0 Å². The molecule has 0 unspecified atom stereocenters. The van der Waals surface area contributed by atoms with Crippen molar-refractivity contribution in [3.63, 3.8) is 0 Å². The lowest BCUT2D eigenvalue weighted by Crippen LogP contribution is -2.03. The fraction of sp³-hybridized carbons (Fsp3) is 0.462. The molecule has 0 amide bonds. The van der Waals surface area contributed by atoms with Gasteiger partial charge in [0.15, 0.2) is 5.78 Å². The number of carbonyl (C=O) groups excluding carboxylic acids is 1. The van der Waals surface area contributed by atoms with Crippen LogP contribution in [-0.4, -0.2) is 12.4 Å². The molecule has 0 aliphatic heterocycles. The predicted octanol–water partition coefficient (Wildman–Crippen LogP) is 3.24. The van der Waals surface area contributed by atoms with Crippen molar-refractivity contribution in [1.82, 2.24) is 0 Å². The number of ketones is 1. The molecule has 2 heteroatoms. The van der Waals surface area contributed by atoms with Crippen molar-refractivity contribution in [1.29, 1.82) is 0 Å². The Kier molecular flexibility index (Phi) is 4.35. The van der Waals surface area contributed by atoms with Crippen molar-refractivity contribution in [3.8, 4) is 5.75 Å². The summed E-state index contributed by atoms with van der Waals surface area (Å²) >= 11 is 0. The summed E-state index contributed by atoms with van der Waals surface area (Å²) in [6, 6.07) is 5.85. The van der Waals surface area contributed by atoms with Gasteiger partial charge in [0.05, 0.1) is 12.2 Å². The van der Waals surface area contributed by atoms with Crippen LogP contribution in [0.15, 0.2) is 18.2 Å². The van der Waals surface area contributed by atoms with E-state index in [0.29, 0.717) is 18.8 Å². The highest BCUT2D eigenvalue weighted by Crippen LogP contribution is 2.22. The van der Waals surface area contributed by atoms with E-state index >= 15 is 0 Å². The quantitative estimate of drug-likeness (QED) is 0.691. The maximum Gasteiger partial charge on any atom is 0.166 e. The average Bonchev–Trinajstić information content (AvgIpc) is 2.29. The third-order valence-electron chi connectivity index (χ3n) is 2.37. The molecule has 0 saturated heterocycles. The van der Waals surface area contributed by atoms with Gasteiger partial charge in [0.2, 0.25) is 0 Å². The van der Waals surface area contributed by atoms with E-state index in [2.05, 4.69) is 6.92 Å². The zero-order valence-corrected chi connectivity index (χ0v) is 9.67. The number of hydrogen-bond acceptors (Lipinski definition) is 2. The van der Waals surface area contributed by atoms with Gasteiger partial charge >= 0.3 is 0 Å². The first-order valence-electron chi connectivity index (χ1n) is 5.51. The summed E-state index contributed by atoms with van der Waals surface area (Å²) in [6.45, 7) is 6.47. The van der Waals surface area contributed by atoms with Crippen molar-refractivity contribution >= 4 is 5.78 Å². The number of hydrogen-bond donors (Lipinski definition) is 0. The molecule has 2 nitrogen and oxygen atoms in total. The summed E-state index contributed by atoms with van der Waals surface area (Å²) in [5.74, 6) is 0.857. The van der Waals surface area contributed by atoms with Crippen molar-refractivity contribution in [2.24, 2.45) is 0 Å². The van der Waals surface area contributed by atoms with Crippen LogP contribution in [0.4, 0.5) is 0 Å². The van der Waals surface area contributed by atoms with Crippen LogP contribution >= 0.6 is 0 Å². The molecule has 1 rings (SSSR count). The van der Waals surface area contributed by atoms with Gasteiger partial charge in [-0.3, -0.25) is 4.79 Å². The minimum atomic E-state index is 0.147. The van der Waals surface area contributed by atoms with Crippen molar-refractivity contribution < 1.29 is 9.53 Å². The third-order valence-corrected chi connectivity index (χ3v) is 2.37. The highest BCUT2D eigenvalue weighted by atomic mass is 16.5. The Bertz CT molecular complexity index is 342. The fourth-order valence-electron chi connectivity index (χ4n) is 1.49. The third kappa shape index (κ3) is 2.82. The van der Waals surface area contributed by atoms with Crippen LogP contribution in [0.3, 0.4) is 0 Å². The number of ether oxygens (including phenoxy) is 1. The van der Waals surface area contributed by atoms with Gasteiger partial charge in [-0.1, -0.05) is 19.9 Å². The first-order valence-corrected chi connectivity index (χ1v) is 5.51. The van der Waals surface area contributed by atoms with Gasteiger partial charge in [-0.15, -0.1) is 0 Å². The Hall–Kier alpha value is -1.31. The number of rotatable bonds is 5. The molecule has 0 spiro atoms. The fourth-order valence-corrected chi connectivity index (χ4v) is 1.49. The number of aryl methyl sites for hydroxylation is 1. The summed E-state index contributed by atoms with van der Waals surface area (Å²) in [5, 5.41) is 0. The average molecular weight is 206 g/mol. The first kappa shape index (κ1) is 11.8. The molecule has 0 atom stereocenters. The van der Waals surface area contributed by atoms with Crippen LogP contribution in [0.25, 0.3) is 0 Å². The molecule has 0 radical (unpaired) electrons. The summed E-state index contributed by atoms with van der Waals surface area (Å²) in [5.41, 5.74) is 1.90. The monoisotopic (exact) mass is 206 g/mol. The van der Waals surface area contributed by atoms with Gasteiger partial charge < -0.3 is 4.74 Å². The number of benzene rings is 1.